The van der Waals surface area contributed by atoms with Crippen LogP contribution < -0.4 is 0 Å². The van der Waals surface area contributed by atoms with Gasteiger partial charge in [-0.1, -0.05) is 28.1 Å². The maximum absolute atomic E-state index is 11.5. The van der Waals surface area contributed by atoms with Crippen molar-refractivity contribution >= 4 is 27.7 Å². The highest BCUT2D eigenvalue weighted by atomic mass is 79.9. The minimum atomic E-state index is -1.12. The molecule has 8 heteroatoms. The van der Waals surface area contributed by atoms with Crippen molar-refractivity contribution in [2.45, 2.75) is 12.3 Å². The van der Waals surface area contributed by atoms with Crippen LogP contribution in [0.4, 0.5) is 5.82 Å². The number of benzene rings is 1. The number of carboxylic acid groups (broad SMARTS) is 1. The van der Waals surface area contributed by atoms with Gasteiger partial charge in [0, 0.05) is 11.5 Å². The van der Waals surface area contributed by atoms with E-state index in [-0.39, 0.29) is 12.1 Å². The molecule has 0 amide bonds. The summed E-state index contributed by atoms with van der Waals surface area (Å²) >= 11 is 3.30. The molecule has 0 aliphatic heterocycles. The molecule has 7 nitrogen and oxygen atoms in total. The van der Waals surface area contributed by atoms with Crippen molar-refractivity contribution in [2.75, 3.05) is 0 Å². The lowest BCUT2D eigenvalue weighted by atomic mass is 9.96. The summed E-state index contributed by atoms with van der Waals surface area (Å²) in [5.41, 5.74) is 0.872. The number of nitrogens with zero attached hydrogens (tertiary/aromatic N) is 3. The molecule has 0 spiro atoms. The minimum Gasteiger partial charge on any atom is -0.481 e. The maximum atomic E-state index is 11.5. The molecule has 1 heterocycles. The third-order valence-electron chi connectivity index (χ3n) is 3.12. The second kappa shape index (κ2) is 6.04. The van der Waals surface area contributed by atoms with Gasteiger partial charge in [-0.3, -0.25) is 4.79 Å². The fourth-order valence-corrected chi connectivity index (χ4v) is 2.39. The van der Waals surface area contributed by atoms with E-state index in [9.17, 15) is 20.0 Å². The lowest BCUT2D eigenvalue weighted by molar-refractivity contribution is -0.390. The van der Waals surface area contributed by atoms with E-state index in [1.807, 2.05) is 0 Å². The molecule has 1 aromatic heterocycles. The highest BCUT2D eigenvalue weighted by Crippen LogP contribution is 2.28. The van der Waals surface area contributed by atoms with Gasteiger partial charge in [0.25, 0.3) is 0 Å². The molecule has 0 bridgehead atoms. The van der Waals surface area contributed by atoms with Gasteiger partial charge in [0.15, 0.2) is 0 Å². The predicted molar refractivity (Wildman–Crippen MR) is 78.1 cm³/mol. The largest absolute Gasteiger partial charge is 0.481 e. The maximum Gasteiger partial charge on any atom is 0.385 e. The van der Waals surface area contributed by atoms with Gasteiger partial charge in [-0.25, -0.2) is 0 Å². The fraction of sp³-hybridized carbons (Fsp3) is 0.231. The first-order valence-electron chi connectivity index (χ1n) is 6.03. The van der Waals surface area contributed by atoms with E-state index in [0.717, 1.165) is 10.0 Å². The zero-order chi connectivity index (χ0) is 15.6. The molecule has 0 aliphatic carbocycles. The van der Waals surface area contributed by atoms with Gasteiger partial charge in [0.1, 0.15) is 11.6 Å². The Morgan fingerprint density at radius 3 is 2.62 bits per heavy atom. The molecule has 0 fully saturated rings. The van der Waals surface area contributed by atoms with Crippen molar-refractivity contribution in [1.29, 1.82) is 0 Å². The number of carbonyl (C=O) groups is 1. The standard InChI is InChI=1S/C13H12BrN3O4/c1-16-7-15-12(17(20)21)11(16)10(13(18)19)6-8-2-4-9(14)5-3-8/h2-5,7,10H,6H2,1H3,(H,18,19). The first kappa shape index (κ1) is 15.2. The van der Waals surface area contributed by atoms with Crippen LogP contribution in [0.15, 0.2) is 35.1 Å². The van der Waals surface area contributed by atoms with Gasteiger partial charge in [0.05, 0.1) is 0 Å². The average Bonchev–Trinajstić information content (AvgIpc) is 2.79. The summed E-state index contributed by atoms with van der Waals surface area (Å²) in [4.78, 5) is 25.5. The number of rotatable bonds is 5. The lowest BCUT2D eigenvalue weighted by Gasteiger charge is -2.12. The normalized spacial score (nSPS) is 12.1. The van der Waals surface area contributed by atoms with Crippen LogP contribution >= 0.6 is 15.9 Å². The van der Waals surface area contributed by atoms with Gasteiger partial charge in [-0.15, -0.1) is 0 Å². The SMILES string of the molecule is Cn1cnc([N+](=O)[O-])c1C(Cc1ccc(Br)cc1)C(=O)O. The van der Waals surface area contributed by atoms with Crippen LogP contribution in [-0.2, 0) is 18.3 Å². The first-order chi connectivity index (χ1) is 9.90. The number of imidazole rings is 1. The van der Waals surface area contributed by atoms with Crippen LogP contribution in [0.3, 0.4) is 0 Å². The van der Waals surface area contributed by atoms with E-state index >= 15 is 0 Å². The van der Waals surface area contributed by atoms with Gasteiger partial charge >= 0.3 is 11.8 Å². The zero-order valence-electron chi connectivity index (χ0n) is 11.1. The van der Waals surface area contributed by atoms with Gasteiger partial charge in [-0.2, -0.15) is 0 Å². The van der Waals surface area contributed by atoms with Crippen LogP contribution in [0, 0.1) is 10.1 Å². The Labute approximate surface area is 128 Å². The number of carboxylic acids is 1. The van der Waals surface area contributed by atoms with E-state index in [2.05, 4.69) is 20.9 Å². The summed E-state index contributed by atoms with van der Waals surface area (Å²) in [6.45, 7) is 0. The van der Waals surface area contributed by atoms with Gasteiger partial charge in [-0.05, 0) is 34.0 Å². The first-order valence-corrected chi connectivity index (χ1v) is 6.82. The molecular weight excluding hydrogens is 342 g/mol. The van der Waals surface area contributed by atoms with Crippen molar-refractivity contribution in [2.24, 2.45) is 7.05 Å². The molecule has 1 unspecified atom stereocenters. The molecule has 110 valence electrons. The summed E-state index contributed by atoms with van der Waals surface area (Å²) in [5.74, 6) is -2.56. The molecule has 21 heavy (non-hydrogen) atoms. The third-order valence-corrected chi connectivity index (χ3v) is 3.65. The Bertz CT molecular complexity index is 681. The van der Waals surface area contributed by atoms with Crippen molar-refractivity contribution in [3.63, 3.8) is 0 Å². The molecular formula is C13H12BrN3O4. The number of hydrogen-bond acceptors (Lipinski definition) is 4. The second-order valence-electron chi connectivity index (χ2n) is 4.54. The molecule has 0 aliphatic rings. The molecule has 2 aromatic rings. The van der Waals surface area contributed by atoms with E-state index in [1.165, 1.54) is 10.9 Å². The molecule has 0 radical (unpaired) electrons. The number of aliphatic carboxylic acids is 1. The summed E-state index contributed by atoms with van der Waals surface area (Å²) in [5, 5.41) is 20.4. The number of hydrogen-bond donors (Lipinski definition) is 1. The number of aromatic nitrogens is 2. The molecule has 2 rings (SSSR count). The van der Waals surface area contributed by atoms with E-state index < -0.39 is 22.6 Å². The molecule has 0 saturated carbocycles. The van der Waals surface area contributed by atoms with Crippen LogP contribution in [0.5, 0.6) is 0 Å². The average molecular weight is 354 g/mol. The van der Waals surface area contributed by atoms with Crippen molar-refractivity contribution in [1.82, 2.24) is 9.55 Å². The van der Waals surface area contributed by atoms with Crippen molar-refractivity contribution in [3.8, 4) is 0 Å². The lowest BCUT2D eigenvalue weighted by Crippen LogP contribution is -2.18. The van der Waals surface area contributed by atoms with Crippen molar-refractivity contribution < 1.29 is 14.8 Å². The Kier molecular flexibility index (Phi) is 4.37. The smallest absolute Gasteiger partial charge is 0.385 e. The highest BCUT2D eigenvalue weighted by molar-refractivity contribution is 9.10. The molecule has 1 N–H and O–H groups in total. The zero-order valence-corrected chi connectivity index (χ0v) is 12.6. The minimum absolute atomic E-state index is 0.0930. The summed E-state index contributed by atoms with van der Waals surface area (Å²) in [6.07, 6.45) is 1.41. The van der Waals surface area contributed by atoms with E-state index in [0.29, 0.717) is 0 Å². The topological polar surface area (TPSA) is 98.3 Å². The summed E-state index contributed by atoms with van der Waals surface area (Å²) in [7, 11) is 1.55. The van der Waals surface area contributed by atoms with Crippen LogP contribution in [0.2, 0.25) is 0 Å². The number of nitro groups is 1. The van der Waals surface area contributed by atoms with Crippen LogP contribution in [0.1, 0.15) is 17.2 Å². The van der Waals surface area contributed by atoms with Gasteiger partial charge in [0.2, 0.25) is 6.33 Å². The molecule has 1 aromatic carbocycles. The number of halogens is 1. The third kappa shape index (κ3) is 3.27. The van der Waals surface area contributed by atoms with Gasteiger partial charge < -0.3 is 19.8 Å². The van der Waals surface area contributed by atoms with Crippen LogP contribution in [0.25, 0.3) is 0 Å². The van der Waals surface area contributed by atoms with E-state index in [1.54, 1.807) is 31.3 Å². The van der Waals surface area contributed by atoms with Crippen LogP contribution in [-0.4, -0.2) is 25.6 Å². The Morgan fingerprint density at radius 2 is 2.10 bits per heavy atom. The quantitative estimate of drug-likeness (QED) is 0.657. The summed E-state index contributed by atoms with van der Waals surface area (Å²) in [6, 6.07) is 7.16. The van der Waals surface area contributed by atoms with Crippen molar-refractivity contribution in [3.05, 3.63) is 56.4 Å². The summed E-state index contributed by atoms with van der Waals surface area (Å²) < 4.78 is 2.26. The second-order valence-corrected chi connectivity index (χ2v) is 5.46. The number of aryl methyl sites for hydroxylation is 1. The monoisotopic (exact) mass is 353 g/mol. The Hall–Kier alpha value is -2.22. The Morgan fingerprint density at radius 1 is 1.48 bits per heavy atom. The Balaban J connectivity index is 2.40. The fourth-order valence-electron chi connectivity index (χ4n) is 2.13. The molecule has 0 saturated heterocycles. The predicted octanol–water partition coefficient (Wildman–Crippen LogP) is 2.50. The van der Waals surface area contributed by atoms with E-state index in [4.69, 9.17) is 0 Å². The highest BCUT2D eigenvalue weighted by Gasteiger charge is 2.32. The molecule has 1 atom stereocenters.